The molecule has 0 aliphatic carbocycles. The van der Waals surface area contributed by atoms with E-state index in [4.69, 9.17) is 0 Å². The van der Waals surface area contributed by atoms with Gasteiger partial charge in [-0.3, -0.25) is 0 Å². The van der Waals surface area contributed by atoms with Crippen molar-refractivity contribution < 1.29 is 4.39 Å². The van der Waals surface area contributed by atoms with Gasteiger partial charge in [-0.05, 0) is 44.0 Å². The third-order valence-electron chi connectivity index (χ3n) is 3.35. The number of imidazole rings is 1. The number of halogens is 1. The number of benzene rings is 1. The Labute approximate surface area is 117 Å². The zero-order chi connectivity index (χ0) is 14.3. The molecule has 3 rings (SSSR count). The van der Waals surface area contributed by atoms with Gasteiger partial charge in [-0.2, -0.15) is 0 Å². The fraction of sp³-hybridized carbons (Fsp3) is 0.188. The maximum absolute atomic E-state index is 13.2. The lowest BCUT2D eigenvalue weighted by Crippen LogP contribution is -1.97. The molecule has 0 amide bonds. The van der Waals surface area contributed by atoms with Gasteiger partial charge in [0.1, 0.15) is 17.3 Å². The van der Waals surface area contributed by atoms with Gasteiger partial charge in [0, 0.05) is 11.9 Å². The van der Waals surface area contributed by atoms with Crippen molar-refractivity contribution in [1.29, 1.82) is 0 Å². The molecule has 0 atom stereocenters. The Hall–Kier alpha value is -2.36. The molecule has 0 spiro atoms. The number of pyridine rings is 1. The summed E-state index contributed by atoms with van der Waals surface area (Å²) in [6.45, 7) is 6.22. The summed E-state index contributed by atoms with van der Waals surface area (Å²) in [7, 11) is 0. The quantitative estimate of drug-likeness (QED) is 0.757. The molecule has 3 aromatic rings. The maximum Gasteiger partial charge on any atom is 0.149 e. The zero-order valence-electron chi connectivity index (χ0n) is 11.7. The lowest BCUT2D eigenvalue weighted by molar-refractivity contribution is 0.619. The van der Waals surface area contributed by atoms with E-state index in [9.17, 15) is 4.39 Å². The summed E-state index contributed by atoms with van der Waals surface area (Å²) >= 11 is 0. The third kappa shape index (κ3) is 2.25. The van der Waals surface area contributed by atoms with Crippen molar-refractivity contribution in [3.8, 4) is 0 Å². The number of anilines is 2. The molecule has 0 aliphatic heterocycles. The Morgan fingerprint density at radius 1 is 1.05 bits per heavy atom. The normalized spacial score (nSPS) is 11.0. The van der Waals surface area contributed by atoms with Gasteiger partial charge in [-0.25, -0.2) is 9.37 Å². The van der Waals surface area contributed by atoms with E-state index in [1.54, 1.807) is 16.7 Å². The monoisotopic (exact) mass is 269 g/mol. The first-order chi connectivity index (χ1) is 9.52. The minimum atomic E-state index is -0.274. The van der Waals surface area contributed by atoms with Crippen molar-refractivity contribution in [1.82, 2.24) is 9.38 Å². The van der Waals surface area contributed by atoms with Gasteiger partial charge in [0.25, 0.3) is 0 Å². The highest BCUT2D eigenvalue weighted by Gasteiger charge is 2.07. The van der Waals surface area contributed by atoms with E-state index < -0.39 is 0 Å². The first-order valence-corrected chi connectivity index (χ1v) is 6.52. The molecule has 0 fully saturated rings. The number of aryl methyl sites for hydroxylation is 3. The lowest BCUT2D eigenvalue weighted by Gasteiger charge is -2.11. The Kier molecular flexibility index (Phi) is 2.93. The standard InChI is InChI=1S/C16H16FN3/c1-10-6-11(2)16(12(3)7-10)19-14-9-20-8-13(17)4-5-15(20)18-14/h4-9,19H,1-3H3. The molecule has 2 heterocycles. The van der Waals surface area contributed by atoms with Crippen LogP contribution in [0.25, 0.3) is 5.65 Å². The van der Waals surface area contributed by atoms with Crippen LogP contribution >= 0.6 is 0 Å². The first kappa shape index (κ1) is 12.7. The largest absolute Gasteiger partial charge is 0.338 e. The summed E-state index contributed by atoms with van der Waals surface area (Å²) in [6.07, 6.45) is 3.21. The molecule has 0 saturated carbocycles. The van der Waals surface area contributed by atoms with Crippen LogP contribution in [0.4, 0.5) is 15.9 Å². The molecule has 4 heteroatoms. The van der Waals surface area contributed by atoms with Crippen molar-refractivity contribution in [2.24, 2.45) is 0 Å². The second-order valence-corrected chi connectivity index (χ2v) is 5.14. The van der Waals surface area contributed by atoms with Crippen LogP contribution in [0.2, 0.25) is 0 Å². The van der Waals surface area contributed by atoms with Crippen LogP contribution in [0, 0.1) is 26.6 Å². The van der Waals surface area contributed by atoms with Crippen LogP contribution in [0.3, 0.4) is 0 Å². The highest BCUT2D eigenvalue weighted by Crippen LogP contribution is 2.25. The Morgan fingerprint density at radius 3 is 2.45 bits per heavy atom. The summed E-state index contributed by atoms with van der Waals surface area (Å²) in [5, 5.41) is 3.32. The second-order valence-electron chi connectivity index (χ2n) is 5.14. The number of nitrogens with zero attached hydrogens (tertiary/aromatic N) is 2. The van der Waals surface area contributed by atoms with E-state index in [1.165, 1.54) is 29.0 Å². The Morgan fingerprint density at radius 2 is 1.75 bits per heavy atom. The van der Waals surface area contributed by atoms with Crippen molar-refractivity contribution in [2.75, 3.05) is 5.32 Å². The molecule has 20 heavy (non-hydrogen) atoms. The van der Waals surface area contributed by atoms with E-state index in [2.05, 4.69) is 43.2 Å². The minimum absolute atomic E-state index is 0.274. The first-order valence-electron chi connectivity index (χ1n) is 6.52. The second kappa shape index (κ2) is 4.63. The van der Waals surface area contributed by atoms with Crippen LogP contribution in [-0.4, -0.2) is 9.38 Å². The molecule has 0 bridgehead atoms. The average Bonchev–Trinajstić information content (AvgIpc) is 2.75. The number of hydrogen-bond donors (Lipinski definition) is 1. The molecule has 0 unspecified atom stereocenters. The van der Waals surface area contributed by atoms with Crippen LogP contribution in [0.1, 0.15) is 16.7 Å². The van der Waals surface area contributed by atoms with Gasteiger partial charge in [0.15, 0.2) is 0 Å². The van der Waals surface area contributed by atoms with Crippen LogP contribution < -0.4 is 5.32 Å². The molecule has 1 aromatic carbocycles. The number of rotatable bonds is 2. The van der Waals surface area contributed by atoms with Gasteiger partial charge in [-0.1, -0.05) is 17.7 Å². The molecule has 0 saturated heterocycles. The topological polar surface area (TPSA) is 29.3 Å². The third-order valence-corrected chi connectivity index (χ3v) is 3.35. The average molecular weight is 269 g/mol. The fourth-order valence-corrected chi connectivity index (χ4v) is 2.53. The molecule has 1 N–H and O–H groups in total. The summed E-state index contributed by atoms with van der Waals surface area (Å²) in [5.74, 6) is 0.440. The maximum atomic E-state index is 13.2. The molecule has 0 aliphatic rings. The van der Waals surface area contributed by atoms with E-state index in [1.807, 2.05) is 0 Å². The highest BCUT2D eigenvalue weighted by molar-refractivity contribution is 5.66. The van der Waals surface area contributed by atoms with Crippen molar-refractivity contribution in [3.63, 3.8) is 0 Å². The number of nitrogens with one attached hydrogen (secondary N) is 1. The molecular weight excluding hydrogens is 253 g/mol. The van der Waals surface area contributed by atoms with Crippen LogP contribution in [0.5, 0.6) is 0 Å². The van der Waals surface area contributed by atoms with Gasteiger partial charge < -0.3 is 9.72 Å². The van der Waals surface area contributed by atoms with Crippen LogP contribution in [0.15, 0.2) is 36.7 Å². The summed E-state index contributed by atoms with van der Waals surface area (Å²) in [4.78, 5) is 4.44. The summed E-state index contributed by atoms with van der Waals surface area (Å²) in [6, 6.07) is 7.33. The summed E-state index contributed by atoms with van der Waals surface area (Å²) in [5.41, 5.74) is 5.36. The van der Waals surface area contributed by atoms with Crippen LogP contribution in [-0.2, 0) is 0 Å². The van der Waals surface area contributed by atoms with Gasteiger partial charge in [-0.15, -0.1) is 0 Å². The number of aromatic nitrogens is 2. The van der Waals surface area contributed by atoms with E-state index in [0.29, 0.717) is 5.82 Å². The van der Waals surface area contributed by atoms with Crippen molar-refractivity contribution in [2.45, 2.75) is 20.8 Å². The SMILES string of the molecule is Cc1cc(C)c(Nc2cn3cc(F)ccc3n2)c(C)c1. The zero-order valence-corrected chi connectivity index (χ0v) is 11.7. The number of fused-ring (bicyclic) bond motifs is 1. The molecule has 2 aromatic heterocycles. The highest BCUT2D eigenvalue weighted by atomic mass is 19.1. The predicted molar refractivity (Wildman–Crippen MR) is 79.1 cm³/mol. The fourth-order valence-electron chi connectivity index (χ4n) is 2.53. The number of hydrogen-bond acceptors (Lipinski definition) is 2. The lowest BCUT2D eigenvalue weighted by atomic mass is 10.1. The minimum Gasteiger partial charge on any atom is -0.338 e. The van der Waals surface area contributed by atoms with Crippen molar-refractivity contribution in [3.05, 3.63) is 59.2 Å². The predicted octanol–water partition coefficient (Wildman–Crippen LogP) is 4.14. The van der Waals surface area contributed by atoms with E-state index in [0.717, 1.165) is 11.3 Å². The van der Waals surface area contributed by atoms with Crippen molar-refractivity contribution >= 4 is 17.2 Å². The van der Waals surface area contributed by atoms with Gasteiger partial charge in [0.05, 0.1) is 6.20 Å². The molecule has 102 valence electrons. The molecule has 3 nitrogen and oxygen atoms in total. The van der Waals surface area contributed by atoms with Gasteiger partial charge >= 0.3 is 0 Å². The summed E-state index contributed by atoms with van der Waals surface area (Å²) < 4.78 is 14.9. The molecule has 0 radical (unpaired) electrons. The van der Waals surface area contributed by atoms with E-state index in [-0.39, 0.29) is 5.82 Å². The van der Waals surface area contributed by atoms with E-state index >= 15 is 0 Å². The Balaban J connectivity index is 2.01. The Bertz CT molecular complexity index is 767. The smallest absolute Gasteiger partial charge is 0.149 e. The van der Waals surface area contributed by atoms with Gasteiger partial charge in [0.2, 0.25) is 0 Å². The molecular formula is C16H16FN3.